The van der Waals surface area contributed by atoms with Gasteiger partial charge in [-0.05, 0) is 38.1 Å². The van der Waals surface area contributed by atoms with E-state index in [1.807, 2.05) is 12.1 Å². The largest absolute Gasteiger partial charge is 0.384 e. The number of hydrogen-bond acceptors (Lipinski definition) is 4. The van der Waals surface area contributed by atoms with Gasteiger partial charge < -0.3 is 15.1 Å². The van der Waals surface area contributed by atoms with Gasteiger partial charge in [0.2, 0.25) is 0 Å². The van der Waals surface area contributed by atoms with Gasteiger partial charge in [0, 0.05) is 39.1 Å². The van der Waals surface area contributed by atoms with E-state index >= 15 is 0 Å². The highest BCUT2D eigenvalue weighted by Crippen LogP contribution is 2.10. The quantitative estimate of drug-likeness (QED) is 0.889. The van der Waals surface area contributed by atoms with E-state index < -0.39 is 0 Å². The number of anilines is 1. The molecule has 1 N–H and O–H groups in total. The van der Waals surface area contributed by atoms with Gasteiger partial charge in [-0.25, -0.2) is 0 Å². The lowest BCUT2D eigenvalue weighted by atomic mass is 10.1. The molecule has 0 saturated carbocycles. The first-order valence-electron chi connectivity index (χ1n) is 7.31. The van der Waals surface area contributed by atoms with Crippen LogP contribution in [0.4, 0.5) is 5.69 Å². The Morgan fingerprint density at radius 1 is 1.35 bits per heavy atom. The van der Waals surface area contributed by atoms with Crippen LogP contribution in [0.3, 0.4) is 0 Å². The van der Waals surface area contributed by atoms with Crippen molar-refractivity contribution >= 4 is 11.6 Å². The van der Waals surface area contributed by atoms with Crippen LogP contribution in [0.5, 0.6) is 0 Å². The van der Waals surface area contributed by atoms with Crippen LogP contribution >= 0.6 is 0 Å². The van der Waals surface area contributed by atoms with Crippen LogP contribution in [0, 0.1) is 0 Å². The molecular weight excluding hydrogens is 252 g/mol. The Balaban J connectivity index is 1.83. The van der Waals surface area contributed by atoms with Crippen molar-refractivity contribution in [3.8, 4) is 0 Å². The number of carbonyl (C=O) groups is 1. The van der Waals surface area contributed by atoms with Gasteiger partial charge in [0.1, 0.15) is 5.69 Å². The predicted octanol–water partition coefficient (Wildman–Crippen LogP) is 1.68. The Hall–Kier alpha value is -1.62. The minimum atomic E-state index is -0.0651. The summed E-state index contributed by atoms with van der Waals surface area (Å²) in [6, 6.07) is 3.72. The number of carbonyl (C=O) groups excluding carboxylic acids is 1. The normalized spacial score (nSPS) is 15.9. The number of amides is 1. The minimum absolute atomic E-state index is 0.0651. The highest BCUT2D eigenvalue weighted by atomic mass is 16.2. The van der Waals surface area contributed by atoms with Crippen molar-refractivity contribution in [2.24, 2.45) is 0 Å². The van der Waals surface area contributed by atoms with E-state index in [1.54, 1.807) is 25.2 Å². The molecule has 0 aromatic carbocycles. The minimum Gasteiger partial charge on any atom is -0.384 e. The van der Waals surface area contributed by atoms with E-state index in [9.17, 15) is 4.79 Å². The molecule has 1 aliphatic rings. The van der Waals surface area contributed by atoms with Crippen molar-refractivity contribution in [3.05, 3.63) is 24.0 Å². The van der Waals surface area contributed by atoms with Gasteiger partial charge in [0.25, 0.3) is 5.91 Å². The molecule has 5 heteroatoms. The van der Waals surface area contributed by atoms with E-state index in [0.717, 1.165) is 18.8 Å². The van der Waals surface area contributed by atoms with Crippen molar-refractivity contribution in [2.75, 3.05) is 45.6 Å². The summed E-state index contributed by atoms with van der Waals surface area (Å²) in [5, 5.41) is 3.37. The molecule has 0 atom stereocenters. The summed E-state index contributed by atoms with van der Waals surface area (Å²) in [7, 11) is 3.47. The van der Waals surface area contributed by atoms with Crippen LogP contribution in [0.15, 0.2) is 18.3 Å². The number of likely N-dealkylation sites (tertiary alicyclic amines) is 1. The second-order valence-electron chi connectivity index (χ2n) is 5.46. The highest BCUT2D eigenvalue weighted by molar-refractivity contribution is 5.92. The van der Waals surface area contributed by atoms with Crippen LogP contribution in [0.1, 0.15) is 29.8 Å². The van der Waals surface area contributed by atoms with Crippen molar-refractivity contribution in [1.29, 1.82) is 0 Å². The Kier molecular flexibility index (Phi) is 5.35. The zero-order valence-electron chi connectivity index (χ0n) is 12.4. The van der Waals surface area contributed by atoms with Gasteiger partial charge in [0.05, 0.1) is 0 Å². The van der Waals surface area contributed by atoms with Gasteiger partial charge in [-0.2, -0.15) is 0 Å². The maximum absolute atomic E-state index is 11.8. The van der Waals surface area contributed by atoms with Crippen molar-refractivity contribution in [3.63, 3.8) is 0 Å². The summed E-state index contributed by atoms with van der Waals surface area (Å²) < 4.78 is 0. The molecule has 5 nitrogen and oxygen atoms in total. The first-order valence-corrected chi connectivity index (χ1v) is 7.31. The maximum Gasteiger partial charge on any atom is 0.272 e. The molecule has 0 bridgehead atoms. The third-order valence-corrected chi connectivity index (χ3v) is 3.59. The maximum atomic E-state index is 11.8. The monoisotopic (exact) mass is 276 g/mol. The Labute approximate surface area is 121 Å². The summed E-state index contributed by atoms with van der Waals surface area (Å²) in [5.74, 6) is -0.0651. The Morgan fingerprint density at radius 3 is 2.80 bits per heavy atom. The first-order chi connectivity index (χ1) is 9.66. The van der Waals surface area contributed by atoms with Crippen LogP contribution in [-0.4, -0.2) is 61.0 Å². The number of nitrogens with one attached hydrogen (secondary N) is 1. The molecule has 1 aromatic heterocycles. The first kappa shape index (κ1) is 14.8. The Morgan fingerprint density at radius 2 is 2.10 bits per heavy atom. The molecule has 0 unspecified atom stereocenters. The summed E-state index contributed by atoms with van der Waals surface area (Å²) in [6.07, 6.45) is 5.68. The molecule has 1 fully saturated rings. The molecular formula is C15H24N4O. The second kappa shape index (κ2) is 7.24. The average molecular weight is 276 g/mol. The number of nitrogens with zero attached hydrogens (tertiary/aromatic N) is 3. The van der Waals surface area contributed by atoms with Crippen LogP contribution < -0.4 is 5.32 Å². The molecule has 0 aliphatic carbocycles. The standard InChI is InChI=1S/C15H24N4O/c1-18(2)15(20)14-12-13(6-7-17-14)16-8-11-19-9-4-3-5-10-19/h6-7,12H,3-5,8-11H2,1-2H3,(H,16,17). The topological polar surface area (TPSA) is 48.5 Å². The Bertz CT molecular complexity index is 441. The van der Waals surface area contributed by atoms with E-state index in [2.05, 4.69) is 15.2 Å². The SMILES string of the molecule is CN(C)C(=O)c1cc(NCCN2CCCCC2)ccn1. The predicted molar refractivity (Wildman–Crippen MR) is 81.0 cm³/mol. The average Bonchev–Trinajstić information content (AvgIpc) is 2.48. The van der Waals surface area contributed by atoms with Gasteiger partial charge in [-0.15, -0.1) is 0 Å². The molecule has 110 valence electrons. The number of aromatic nitrogens is 1. The second-order valence-corrected chi connectivity index (χ2v) is 5.46. The summed E-state index contributed by atoms with van der Waals surface area (Å²) in [4.78, 5) is 20.0. The van der Waals surface area contributed by atoms with E-state index in [0.29, 0.717) is 5.69 Å². The molecule has 0 spiro atoms. The van der Waals surface area contributed by atoms with Gasteiger partial charge in [-0.1, -0.05) is 6.42 Å². The van der Waals surface area contributed by atoms with Gasteiger partial charge >= 0.3 is 0 Å². The molecule has 1 amide bonds. The third-order valence-electron chi connectivity index (χ3n) is 3.59. The molecule has 1 aliphatic heterocycles. The number of hydrogen-bond donors (Lipinski definition) is 1. The fraction of sp³-hybridized carbons (Fsp3) is 0.600. The lowest BCUT2D eigenvalue weighted by Crippen LogP contribution is -2.33. The van der Waals surface area contributed by atoms with Crippen LogP contribution in [0.25, 0.3) is 0 Å². The molecule has 0 radical (unpaired) electrons. The van der Waals surface area contributed by atoms with Crippen LogP contribution in [0.2, 0.25) is 0 Å². The zero-order chi connectivity index (χ0) is 14.4. The summed E-state index contributed by atoms with van der Waals surface area (Å²) >= 11 is 0. The molecule has 1 saturated heterocycles. The third kappa shape index (κ3) is 4.20. The molecule has 2 heterocycles. The molecule has 2 rings (SSSR count). The lowest BCUT2D eigenvalue weighted by molar-refractivity contribution is 0.0822. The van der Waals surface area contributed by atoms with E-state index in [1.165, 1.54) is 32.4 Å². The highest BCUT2D eigenvalue weighted by Gasteiger charge is 2.11. The number of piperidine rings is 1. The van der Waals surface area contributed by atoms with Crippen molar-refractivity contribution in [1.82, 2.24) is 14.8 Å². The van der Waals surface area contributed by atoms with Crippen LogP contribution in [-0.2, 0) is 0 Å². The van der Waals surface area contributed by atoms with Crippen molar-refractivity contribution < 1.29 is 4.79 Å². The van der Waals surface area contributed by atoms with E-state index in [-0.39, 0.29) is 5.91 Å². The smallest absolute Gasteiger partial charge is 0.272 e. The number of pyridine rings is 1. The van der Waals surface area contributed by atoms with Gasteiger partial charge in [-0.3, -0.25) is 9.78 Å². The fourth-order valence-corrected chi connectivity index (χ4v) is 2.43. The number of rotatable bonds is 5. The summed E-state index contributed by atoms with van der Waals surface area (Å²) in [5.41, 5.74) is 1.44. The molecule has 1 aromatic rings. The van der Waals surface area contributed by atoms with E-state index in [4.69, 9.17) is 0 Å². The lowest BCUT2D eigenvalue weighted by Gasteiger charge is -2.26. The summed E-state index contributed by atoms with van der Waals surface area (Å²) in [6.45, 7) is 4.38. The van der Waals surface area contributed by atoms with Gasteiger partial charge in [0.15, 0.2) is 0 Å². The zero-order valence-corrected chi connectivity index (χ0v) is 12.4. The molecule has 20 heavy (non-hydrogen) atoms. The van der Waals surface area contributed by atoms with Crippen molar-refractivity contribution in [2.45, 2.75) is 19.3 Å². The fourth-order valence-electron chi connectivity index (χ4n) is 2.43.